The van der Waals surface area contributed by atoms with Crippen LogP contribution in [0.3, 0.4) is 0 Å². The van der Waals surface area contributed by atoms with E-state index in [4.69, 9.17) is 11.6 Å². The molecule has 0 saturated carbocycles. The number of rotatable bonds is 5. The van der Waals surface area contributed by atoms with Crippen molar-refractivity contribution >= 4 is 11.9 Å². The van der Waals surface area contributed by atoms with Crippen LogP contribution in [-0.2, 0) is 9.59 Å². The van der Waals surface area contributed by atoms with Gasteiger partial charge in [0.1, 0.15) is 1.41 Å². The number of hydrogen-bond acceptors (Lipinski definition) is 4. The minimum Gasteiger partial charge on any atom is -0.480 e. The van der Waals surface area contributed by atoms with Gasteiger partial charge in [-0.1, -0.05) is 0 Å². The lowest BCUT2D eigenvalue weighted by atomic mass is 10.1. The van der Waals surface area contributed by atoms with E-state index in [1.807, 2.05) is 5.73 Å². The molecule has 0 aliphatic rings. The Labute approximate surface area is 77.2 Å². The van der Waals surface area contributed by atoms with E-state index in [-0.39, 0.29) is 0 Å². The molecule has 6 heteroatoms. The molecule has 0 fully saturated rings. The number of amides is 1. The molecule has 0 aromatic heterocycles. The molecule has 0 bridgehead atoms. The first kappa shape index (κ1) is 9.94. The van der Waals surface area contributed by atoms with E-state index in [2.05, 4.69) is 5.32 Å². The summed E-state index contributed by atoms with van der Waals surface area (Å²) in [5.41, 5.74) is 1.91. The van der Waals surface area contributed by atoms with Crippen LogP contribution in [0.2, 0.25) is 1.41 Å². The number of aliphatic hydroxyl groups is 1. The van der Waals surface area contributed by atoms with E-state index >= 15 is 0 Å². The summed E-state index contributed by atoms with van der Waals surface area (Å²) in [4.78, 5) is 21.7. The first-order valence-corrected chi connectivity index (χ1v) is 3.78. The van der Waals surface area contributed by atoms with Crippen molar-refractivity contribution in [2.75, 3.05) is 0 Å². The number of carbonyl (C=O) groups is 2. The largest absolute Gasteiger partial charge is 0.480 e. The molecular formula is C7H14N2O4. The molecule has 0 spiro atoms. The van der Waals surface area contributed by atoms with Gasteiger partial charge in [0.05, 0.1) is 12.1 Å². The second-order valence-electron chi connectivity index (χ2n) is 2.79. The van der Waals surface area contributed by atoms with Crippen LogP contribution < -0.4 is 11.0 Å². The summed E-state index contributed by atoms with van der Waals surface area (Å²) in [6.07, 6.45) is -1.19. The lowest BCUT2D eigenvalue weighted by molar-refractivity contribution is -0.144. The SMILES string of the molecule is [2H]N[C@H](C)C(=O)N[C@H](C(=O)O)[C@@H](C)O. The molecule has 13 heavy (non-hydrogen) atoms. The van der Waals surface area contributed by atoms with Crippen LogP contribution in [0.4, 0.5) is 0 Å². The van der Waals surface area contributed by atoms with E-state index in [1.54, 1.807) is 0 Å². The number of carboxylic acids is 1. The fourth-order valence-electron chi connectivity index (χ4n) is 0.667. The summed E-state index contributed by atoms with van der Waals surface area (Å²) in [6, 6.07) is -2.17. The molecule has 0 radical (unpaired) electrons. The first-order valence-electron chi connectivity index (χ1n) is 4.28. The summed E-state index contributed by atoms with van der Waals surface area (Å²) in [7, 11) is 0. The molecule has 6 nitrogen and oxygen atoms in total. The van der Waals surface area contributed by atoms with Gasteiger partial charge in [0.2, 0.25) is 5.91 Å². The zero-order chi connectivity index (χ0) is 11.3. The molecule has 0 aliphatic carbocycles. The van der Waals surface area contributed by atoms with Crippen LogP contribution in [0.25, 0.3) is 0 Å². The van der Waals surface area contributed by atoms with Gasteiger partial charge >= 0.3 is 5.97 Å². The second-order valence-corrected chi connectivity index (χ2v) is 2.79. The zero-order valence-electron chi connectivity index (χ0n) is 8.44. The minimum absolute atomic E-state index is 0.645. The summed E-state index contributed by atoms with van der Waals surface area (Å²) in [5.74, 6) is -1.96. The van der Waals surface area contributed by atoms with Crippen molar-refractivity contribution in [3.8, 4) is 0 Å². The number of aliphatic carboxylic acids is 1. The third-order valence-corrected chi connectivity index (χ3v) is 1.44. The molecule has 1 amide bonds. The van der Waals surface area contributed by atoms with Crippen molar-refractivity contribution < 1.29 is 21.2 Å². The fourth-order valence-corrected chi connectivity index (χ4v) is 0.667. The molecule has 3 atom stereocenters. The van der Waals surface area contributed by atoms with Crippen molar-refractivity contribution in [2.45, 2.75) is 32.0 Å². The summed E-state index contributed by atoms with van der Waals surface area (Å²) < 4.78 is 6.68. The number of carbonyl (C=O) groups excluding carboxylic acids is 1. The topological polar surface area (TPSA) is 113 Å². The van der Waals surface area contributed by atoms with E-state index in [1.165, 1.54) is 13.8 Å². The van der Waals surface area contributed by atoms with Crippen LogP contribution in [0, 0.1) is 0 Å². The zero-order valence-corrected chi connectivity index (χ0v) is 7.44. The van der Waals surface area contributed by atoms with Crippen molar-refractivity contribution in [2.24, 2.45) is 5.73 Å². The molecule has 0 heterocycles. The van der Waals surface area contributed by atoms with Gasteiger partial charge in [-0.3, -0.25) is 4.79 Å². The summed E-state index contributed by atoms with van der Waals surface area (Å²) >= 11 is 0. The third kappa shape index (κ3) is 3.86. The minimum atomic E-state index is -1.35. The van der Waals surface area contributed by atoms with Crippen LogP contribution >= 0.6 is 0 Å². The molecule has 5 N–H and O–H groups in total. The Hall–Kier alpha value is -1.14. The molecule has 0 aliphatic heterocycles. The predicted octanol–water partition coefficient (Wildman–Crippen LogP) is -1.72. The van der Waals surface area contributed by atoms with Gasteiger partial charge in [0.15, 0.2) is 6.04 Å². The molecule has 0 aromatic carbocycles. The molecular weight excluding hydrogens is 176 g/mol. The average Bonchev–Trinajstić information content (AvgIpc) is 2.11. The van der Waals surface area contributed by atoms with E-state index < -0.39 is 30.1 Å². The van der Waals surface area contributed by atoms with Gasteiger partial charge in [-0.15, -0.1) is 0 Å². The molecule has 0 unspecified atom stereocenters. The number of hydrogen-bond donors (Lipinski definition) is 4. The number of nitrogens with two attached hydrogens (primary N) is 1. The molecule has 0 rings (SSSR count). The van der Waals surface area contributed by atoms with E-state index in [0.29, 0.717) is 0 Å². The summed E-state index contributed by atoms with van der Waals surface area (Å²) in [5, 5.41) is 19.7. The lowest BCUT2D eigenvalue weighted by Gasteiger charge is -2.17. The Bertz CT molecular complexity index is 222. The maximum Gasteiger partial charge on any atom is 0.328 e. The van der Waals surface area contributed by atoms with Crippen molar-refractivity contribution in [3.05, 3.63) is 0 Å². The van der Waals surface area contributed by atoms with Crippen LogP contribution in [0.15, 0.2) is 0 Å². The Morgan fingerprint density at radius 2 is 2.08 bits per heavy atom. The molecule has 0 saturated heterocycles. The van der Waals surface area contributed by atoms with Crippen LogP contribution in [0.1, 0.15) is 13.8 Å². The smallest absolute Gasteiger partial charge is 0.328 e. The van der Waals surface area contributed by atoms with Gasteiger partial charge in [0, 0.05) is 0 Å². The summed E-state index contributed by atoms with van der Waals surface area (Å²) in [6.45, 7) is 2.67. The Morgan fingerprint density at radius 1 is 1.54 bits per heavy atom. The maximum atomic E-state index is 11.1. The highest BCUT2D eigenvalue weighted by molar-refractivity contribution is 5.86. The monoisotopic (exact) mass is 191 g/mol. The van der Waals surface area contributed by atoms with Gasteiger partial charge in [-0.2, -0.15) is 0 Å². The Balaban J connectivity index is 4.31. The van der Waals surface area contributed by atoms with Gasteiger partial charge in [-0.05, 0) is 13.8 Å². The molecule has 76 valence electrons. The van der Waals surface area contributed by atoms with Crippen molar-refractivity contribution in [1.82, 2.24) is 5.32 Å². The van der Waals surface area contributed by atoms with Crippen LogP contribution in [-0.4, -0.2) is 40.3 Å². The highest BCUT2D eigenvalue weighted by Gasteiger charge is 2.25. The second kappa shape index (κ2) is 4.78. The number of aliphatic hydroxyl groups excluding tert-OH is 1. The van der Waals surface area contributed by atoms with Crippen LogP contribution in [0.5, 0.6) is 0 Å². The van der Waals surface area contributed by atoms with Gasteiger partial charge in [-0.25, -0.2) is 4.79 Å². The third-order valence-electron chi connectivity index (χ3n) is 1.44. The number of carboxylic acid groups (broad SMARTS) is 1. The Morgan fingerprint density at radius 3 is 2.38 bits per heavy atom. The maximum absolute atomic E-state index is 11.1. The van der Waals surface area contributed by atoms with E-state index in [9.17, 15) is 9.59 Å². The normalized spacial score (nSPS) is 18.2. The predicted molar refractivity (Wildman–Crippen MR) is 44.9 cm³/mol. The highest BCUT2D eigenvalue weighted by atomic mass is 16.4. The Kier molecular flexibility index (Phi) is 3.66. The lowest BCUT2D eigenvalue weighted by Crippen LogP contribution is -2.51. The standard InChI is InChI=1S/C7H14N2O4/c1-3(8)6(11)9-5(4(2)10)7(12)13/h3-5,10H,8H2,1-2H3,(H,9,11)(H,12,13)/t3-,4-,5+/m1/s1/i/hD. The van der Waals surface area contributed by atoms with E-state index in [0.717, 1.165) is 0 Å². The fraction of sp³-hybridized carbons (Fsp3) is 0.714. The average molecular weight is 191 g/mol. The van der Waals surface area contributed by atoms with Crippen molar-refractivity contribution in [3.63, 3.8) is 0 Å². The molecule has 0 aromatic rings. The highest BCUT2D eigenvalue weighted by Crippen LogP contribution is 1.93. The number of nitrogens with one attached hydrogen (secondary N) is 1. The first-order chi connectivity index (χ1) is 6.40. The van der Waals surface area contributed by atoms with Crippen molar-refractivity contribution in [1.29, 1.82) is 0 Å². The quantitative estimate of drug-likeness (QED) is 0.413. The van der Waals surface area contributed by atoms with Gasteiger partial charge in [0.25, 0.3) is 0 Å². The van der Waals surface area contributed by atoms with Gasteiger partial charge < -0.3 is 21.3 Å².